The van der Waals surface area contributed by atoms with Crippen LogP contribution < -0.4 is 10.1 Å². The van der Waals surface area contributed by atoms with E-state index in [1.165, 1.54) is 5.56 Å². The molecule has 2 heterocycles. The number of nitrogens with zero attached hydrogens (tertiary/aromatic N) is 3. The van der Waals surface area contributed by atoms with Crippen molar-refractivity contribution in [3.8, 4) is 11.6 Å². The number of aromatic nitrogens is 3. The van der Waals surface area contributed by atoms with Gasteiger partial charge in [-0.15, -0.1) is 0 Å². The molecule has 0 aliphatic carbocycles. The molecule has 2 aromatic rings. The molecule has 0 amide bonds. The quantitative estimate of drug-likeness (QED) is 0.795. The number of aryl methyl sites for hydroxylation is 3. The number of ether oxygens (including phenoxy) is 1. The molecule has 0 aromatic carbocycles. The van der Waals surface area contributed by atoms with E-state index in [0.717, 1.165) is 43.1 Å². The molecule has 21 heavy (non-hydrogen) atoms. The van der Waals surface area contributed by atoms with Crippen molar-refractivity contribution in [2.45, 2.75) is 47.2 Å². The summed E-state index contributed by atoms with van der Waals surface area (Å²) in [5.41, 5.74) is 3.27. The number of pyridine rings is 1. The van der Waals surface area contributed by atoms with Gasteiger partial charge in [-0.3, -0.25) is 4.68 Å². The lowest BCUT2D eigenvalue weighted by atomic mass is 10.1. The van der Waals surface area contributed by atoms with Crippen LogP contribution in [0, 0.1) is 13.8 Å². The molecule has 5 heteroatoms. The summed E-state index contributed by atoms with van der Waals surface area (Å²) in [6, 6.07) is 2.09. The van der Waals surface area contributed by atoms with Crippen molar-refractivity contribution < 1.29 is 4.74 Å². The lowest BCUT2D eigenvalue weighted by molar-refractivity contribution is 0.449. The van der Waals surface area contributed by atoms with Gasteiger partial charge in [0.2, 0.25) is 5.88 Å². The molecule has 0 aliphatic rings. The smallest absolute Gasteiger partial charge is 0.224 e. The lowest BCUT2D eigenvalue weighted by Crippen LogP contribution is -2.16. The Bertz CT molecular complexity index is 592. The van der Waals surface area contributed by atoms with Crippen LogP contribution in [-0.4, -0.2) is 21.3 Å². The summed E-state index contributed by atoms with van der Waals surface area (Å²) in [7, 11) is 0. The average molecular weight is 288 g/mol. The van der Waals surface area contributed by atoms with Crippen LogP contribution in [0.3, 0.4) is 0 Å². The van der Waals surface area contributed by atoms with E-state index >= 15 is 0 Å². The van der Waals surface area contributed by atoms with Gasteiger partial charge >= 0.3 is 0 Å². The van der Waals surface area contributed by atoms with Crippen LogP contribution >= 0.6 is 0 Å². The molecule has 5 nitrogen and oxygen atoms in total. The largest absolute Gasteiger partial charge is 0.435 e. The minimum atomic E-state index is 0.673. The van der Waals surface area contributed by atoms with Gasteiger partial charge in [0.25, 0.3) is 0 Å². The van der Waals surface area contributed by atoms with E-state index in [-0.39, 0.29) is 0 Å². The molecular formula is C16H24N4O. The molecule has 0 atom stereocenters. The van der Waals surface area contributed by atoms with Gasteiger partial charge < -0.3 is 10.1 Å². The fourth-order valence-electron chi connectivity index (χ4n) is 2.20. The SMILES string of the molecule is CCCNCc1c(C)cc(C)nc1Oc1cnn(CC)c1. The second-order valence-electron chi connectivity index (χ2n) is 5.17. The van der Waals surface area contributed by atoms with Crippen molar-refractivity contribution in [1.29, 1.82) is 0 Å². The van der Waals surface area contributed by atoms with Crippen molar-refractivity contribution in [1.82, 2.24) is 20.1 Å². The number of hydrogen-bond acceptors (Lipinski definition) is 4. The number of hydrogen-bond donors (Lipinski definition) is 1. The van der Waals surface area contributed by atoms with Gasteiger partial charge in [-0.2, -0.15) is 5.10 Å². The van der Waals surface area contributed by atoms with Crippen molar-refractivity contribution in [2.75, 3.05) is 6.54 Å². The molecule has 0 saturated carbocycles. The Hall–Kier alpha value is -1.88. The van der Waals surface area contributed by atoms with Gasteiger partial charge in [0.15, 0.2) is 5.75 Å². The summed E-state index contributed by atoms with van der Waals surface area (Å²) in [4.78, 5) is 4.54. The fourth-order valence-corrected chi connectivity index (χ4v) is 2.20. The Morgan fingerprint density at radius 3 is 2.76 bits per heavy atom. The summed E-state index contributed by atoms with van der Waals surface area (Å²) in [6.07, 6.45) is 4.73. The van der Waals surface area contributed by atoms with E-state index in [1.54, 1.807) is 6.20 Å². The normalized spacial score (nSPS) is 10.9. The lowest BCUT2D eigenvalue weighted by Gasteiger charge is -2.13. The molecule has 2 aromatic heterocycles. The van der Waals surface area contributed by atoms with Gasteiger partial charge in [0, 0.05) is 24.3 Å². The molecule has 0 aliphatic heterocycles. The first-order valence-electron chi connectivity index (χ1n) is 7.52. The first-order chi connectivity index (χ1) is 10.1. The Morgan fingerprint density at radius 2 is 2.10 bits per heavy atom. The third-order valence-corrected chi connectivity index (χ3v) is 3.31. The zero-order valence-corrected chi connectivity index (χ0v) is 13.3. The van der Waals surface area contributed by atoms with Crippen molar-refractivity contribution >= 4 is 0 Å². The second-order valence-corrected chi connectivity index (χ2v) is 5.17. The van der Waals surface area contributed by atoms with Crippen molar-refractivity contribution in [3.63, 3.8) is 0 Å². The highest BCUT2D eigenvalue weighted by molar-refractivity contribution is 5.38. The molecule has 2 rings (SSSR count). The second kappa shape index (κ2) is 7.22. The van der Waals surface area contributed by atoms with Crippen LogP contribution in [0.25, 0.3) is 0 Å². The summed E-state index contributed by atoms with van der Waals surface area (Å²) in [5, 5.41) is 7.64. The van der Waals surface area contributed by atoms with Gasteiger partial charge in [-0.1, -0.05) is 6.92 Å². The topological polar surface area (TPSA) is 52.0 Å². The maximum absolute atomic E-state index is 5.95. The molecule has 1 N–H and O–H groups in total. The van der Waals surface area contributed by atoms with Gasteiger partial charge in [-0.05, 0) is 45.4 Å². The average Bonchev–Trinajstić information content (AvgIpc) is 2.89. The highest BCUT2D eigenvalue weighted by Gasteiger charge is 2.12. The van der Waals surface area contributed by atoms with Crippen LogP contribution in [0.4, 0.5) is 0 Å². The molecule has 0 saturated heterocycles. The molecule has 114 valence electrons. The van der Waals surface area contributed by atoms with Gasteiger partial charge in [0.05, 0.1) is 12.4 Å². The first-order valence-corrected chi connectivity index (χ1v) is 7.52. The summed E-state index contributed by atoms with van der Waals surface area (Å²) in [5.74, 6) is 1.40. The number of nitrogens with one attached hydrogen (secondary N) is 1. The minimum Gasteiger partial charge on any atom is -0.435 e. The number of rotatable bonds is 7. The van der Waals surface area contributed by atoms with E-state index in [9.17, 15) is 0 Å². The first kappa shape index (κ1) is 15.5. The molecular weight excluding hydrogens is 264 g/mol. The van der Waals surface area contributed by atoms with Crippen molar-refractivity contribution in [3.05, 3.63) is 35.3 Å². The Balaban J connectivity index is 2.23. The predicted molar refractivity (Wildman–Crippen MR) is 83.7 cm³/mol. The van der Waals surface area contributed by atoms with Crippen LogP contribution in [-0.2, 0) is 13.1 Å². The molecule has 0 radical (unpaired) electrons. The van der Waals surface area contributed by atoms with E-state index in [0.29, 0.717) is 5.88 Å². The van der Waals surface area contributed by atoms with Gasteiger partial charge in [0.1, 0.15) is 0 Å². The molecule has 0 fully saturated rings. The standard InChI is InChI=1S/C16H24N4O/c1-5-7-17-10-15-12(3)8-13(4)19-16(15)21-14-9-18-20(6-2)11-14/h8-9,11,17H,5-7,10H2,1-4H3. The summed E-state index contributed by atoms with van der Waals surface area (Å²) in [6.45, 7) is 10.9. The zero-order valence-electron chi connectivity index (χ0n) is 13.3. The predicted octanol–water partition coefficient (Wildman–Crippen LogP) is 3.21. The third-order valence-electron chi connectivity index (χ3n) is 3.31. The fraction of sp³-hybridized carbons (Fsp3) is 0.500. The minimum absolute atomic E-state index is 0.673. The van der Waals surface area contributed by atoms with E-state index in [2.05, 4.69) is 35.3 Å². The van der Waals surface area contributed by atoms with E-state index in [1.807, 2.05) is 24.7 Å². The van der Waals surface area contributed by atoms with Crippen LogP contribution in [0.1, 0.15) is 37.1 Å². The Labute approximate surface area is 126 Å². The third kappa shape index (κ3) is 4.04. The highest BCUT2D eigenvalue weighted by atomic mass is 16.5. The van der Waals surface area contributed by atoms with E-state index < -0.39 is 0 Å². The summed E-state index contributed by atoms with van der Waals surface area (Å²) < 4.78 is 7.79. The van der Waals surface area contributed by atoms with Crippen LogP contribution in [0.15, 0.2) is 18.5 Å². The van der Waals surface area contributed by atoms with Gasteiger partial charge in [-0.25, -0.2) is 4.98 Å². The van der Waals surface area contributed by atoms with E-state index in [4.69, 9.17) is 4.74 Å². The molecule has 0 spiro atoms. The van der Waals surface area contributed by atoms with Crippen LogP contribution in [0.2, 0.25) is 0 Å². The molecule has 0 unspecified atom stereocenters. The highest BCUT2D eigenvalue weighted by Crippen LogP contribution is 2.26. The Morgan fingerprint density at radius 1 is 1.29 bits per heavy atom. The zero-order chi connectivity index (χ0) is 15.2. The monoisotopic (exact) mass is 288 g/mol. The molecule has 0 bridgehead atoms. The Kier molecular flexibility index (Phi) is 5.33. The maximum atomic E-state index is 5.95. The van der Waals surface area contributed by atoms with Crippen molar-refractivity contribution in [2.24, 2.45) is 0 Å². The summed E-state index contributed by atoms with van der Waals surface area (Å²) >= 11 is 0. The van der Waals surface area contributed by atoms with Crippen LogP contribution in [0.5, 0.6) is 11.6 Å². The maximum Gasteiger partial charge on any atom is 0.224 e.